The number of benzene rings is 1. The van der Waals surface area contributed by atoms with Crippen molar-refractivity contribution in [2.75, 3.05) is 26.5 Å². The van der Waals surface area contributed by atoms with E-state index in [2.05, 4.69) is 0 Å². The average molecular weight is 336 g/mol. The first-order chi connectivity index (χ1) is 10.9. The molecule has 7 heteroatoms. The number of hydrogen-bond donors (Lipinski definition) is 0. The van der Waals surface area contributed by atoms with E-state index in [0.29, 0.717) is 12.2 Å². The number of thioether (sulfide) groups is 1. The number of rotatable bonds is 6. The molecule has 1 fully saturated rings. The smallest absolute Gasteiger partial charge is 0.289 e. The van der Waals surface area contributed by atoms with Gasteiger partial charge in [-0.3, -0.25) is 19.3 Å². The monoisotopic (exact) mass is 336 g/mol. The molecule has 1 unspecified atom stereocenters. The lowest BCUT2D eigenvalue weighted by Crippen LogP contribution is -2.37. The second-order valence-corrected chi connectivity index (χ2v) is 6.38. The van der Waals surface area contributed by atoms with Crippen LogP contribution in [0, 0.1) is 0 Å². The maximum absolute atomic E-state index is 12.5. The average Bonchev–Trinajstić information content (AvgIpc) is 2.86. The van der Waals surface area contributed by atoms with Crippen LogP contribution in [-0.2, 0) is 16.1 Å². The van der Waals surface area contributed by atoms with Crippen LogP contribution in [0.15, 0.2) is 24.3 Å². The Balaban J connectivity index is 2.11. The van der Waals surface area contributed by atoms with Crippen LogP contribution in [-0.4, -0.2) is 59.4 Å². The number of nitrogens with zero attached hydrogens (tertiary/aromatic N) is 2. The summed E-state index contributed by atoms with van der Waals surface area (Å²) >= 11 is 1.01. The summed E-state index contributed by atoms with van der Waals surface area (Å²) in [6, 6.07) is 6.97. The van der Waals surface area contributed by atoms with Crippen molar-refractivity contribution in [2.45, 2.75) is 19.5 Å². The lowest BCUT2D eigenvalue weighted by molar-refractivity contribution is -0.125. The van der Waals surface area contributed by atoms with E-state index < -0.39 is 0 Å². The predicted molar refractivity (Wildman–Crippen MR) is 88.3 cm³/mol. The molecule has 3 amide bonds. The maximum Gasteiger partial charge on any atom is 0.289 e. The number of likely N-dealkylation sites (N-methyl/N-ethyl adjacent to an activating group) is 1. The SMILES string of the molecule is COCC(C)N(C)C(=O)c1cccc(CN2C(=O)CSC2=O)c1. The van der Waals surface area contributed by atoms with Gasteiger partial charge in [0.1, 0.15) is 0 Å². The Morgan fingerprint density at radius 3 is 2.78 bits per heavy atom. The zero-order valence-electron chi connectivity index (χ0n) is 13.4. The van der Waals surface area contributed by atoms with E-state index in [9.17, 15) is 14.4 Å². The standard InChI is InChI=1S/C16H20N2O4S/c1-11(9-22-3)17(2)15(20)13-6-4-5-12(7-13)8-18-14(19)10-23-16(18)21/h4-7,11H,8-10H2,1-3H3. The van der Waals surface area contributed by atoms with Crippen LogP contribution < -0.4 is 0 Å². The third kappa shape index (κ3) is 4.11. The summed E-state index contributed by atoms with van der Waals surface area (Å²) in [5.41, 5.74) is 1.28. The van der Waals surface area contributed by atoms with Gasteiger partial charge in [0, 0.05) is 19.7 Å². The fourth-order valence-corrected chi connectivity index (χ4v) is 3.00. The molecule has 0 N–H and O–H groups in total. The van der Waals surface area contributed by atoms with E-state index in [1.165, 1.54) is 4.90 Å². The first-order valence-electron chi connectivity index (χ1n) is 7.26. The molecule has 0 aliphatic carbocycles. The van der Waals surface area contributed by atoms with Crippen molar-refractivity contribution in [1.29, 1.82) is 0 Å². The quantitative estimate of drug-likeness (QED) is 0.795. The van der Waals surface area contributed by atoms with Gasteiger partial charge in [-0.15, -0.1) is 0 Å². The van der Waals surface area contributed by atoms with Gasteiger partial charge in [-0.25, -0.2) is 0 Å². The van der Waals surface area contributed by atoms with Gasteiger partial charge in [-0.05, 0) is 24.6 Å². The third-order valence-electron chi connectivity index (χ3n) is 3.74. The van der Waals surface area contributed by atoms with Crippen LogP contribution in [0.5, 0.6) is 0 Å². The molecule has 1 aliphatic heterocycles. The molecule has 0 saturated carbocycles. The molecule has 2 rings (SSSR count). The molecule has 1 saturated heterocycles. The van der Waals surface area contributed by atoms with Crippen LogP contribution in [0.2, 0.25) is 0 Å². The van der Waals surface area contributed by atoms with Gasteiger partial charge in [0.25, 0.3) is 11.1 Å². The highest BCUT2D eigenvalue weighted by Crippen LogP contribution is 2.21. The first kappa shape index (κ1) is 17.5. The summed E-state index contributed by atoms with van der Waals surface area (Å²) in [7, 11) is 3.32. The molecule has 0 spiro atoms. The highest BCUT2D eigenvalue weighted by Gasteiger charge is 2.29. The third-order valence-corrected chi connectivity index (χ3v) is 4.60. The Labute approximate surface area is 139 Å². The molecule has 1 atom stereocenters. The van der Waals surface area contributed by atoms with Crippen molar-refractivity contribution in [1.82, 2.24) is 9.80 Å². The largest absolute Gasteiger partial charge is 0.383 e. The number of imide groups is 1. The van der Waals surface area contributed by atoms with Crippen molar-refractivity contribution in [3.05, 3.63) is 35.4 Å². The van der Waals surface area contributed by atoms with Gasteiger partial charge in [0.05, 0.1) is 24.9 Å². The van der Waals surface area contributed by atoms with Crippen molar-refractivity contribution >= 4 is 28.8 Å². The molecule has 6 nitrogen and oxygen atoms in total. The molecule has 0 aromatic heterocycles. The predicted octanol–water partition coefficient (Wildman–Crippen LogP) is 1.99. The van der Waals surface area contributed by atoms with Gasteiger partial charge in [-0.1, -0.05) is 23.9 Å². The Morgan fingerprint density at radius 2 is 2.17 bits per heavy atom. The number of methoxy groups -OCH3 is 1. The molecular formula is C16H20N2O4S. The minimum Gasteiger partial charge on any atom is -0.383 e. The lowest BCUT2D eigenvalue weighted by Gasteiger charge is -2.24. The summed E-state index contributed by atoms with van der Waals surface area (Å²) in [4.78, 5) is 38.7. The normalized spacial score (nSPS) is 15.9. The molecule has 1 aliphatic rings. The van der Waals surface area contributed by atoms with Crippen LogP contribution in [0.3, 0.4) is 0 Å². The highest BCUT2D eigenvalue weighted by molar-refractivity contribution is 8.14. The lowest BCUT2D eigenvalue weighted by atomic mass is 10.1. The van der Waals surface area contributed by atoms with E-state index in [-0.39, 0.29) is 35.4 Å². The topological polar surface area (TPSA) is 66.9 Å². The zero-order valence-corrected chi connectivity index (χ0v) is 14.3. The van der Waals surface area contributed by atoms with Gasteiger partial charge < -0.3 is 9.64 Å². The van der Waals surface area contributed by atoms with Crippen LogP contribution in [0.4, 0.5) is 4.79 Å². The Kier molecular flexibility index (Phi) is 5.79. The summed E-state index contributed by atoms with van der Waals surface area (Å²) < 4.78 is 5.07. The van der Waals surface area contributed by atoms with Gasteiger partial charge in [0.15, 0.2) is 0 Å². The molecule has 23 heavy (non-hydrogen) atoms. The fourth-order valence-electron chi connectivity index (χ4n) is 2.28. The summed E-state index contributed by atoms with van der Waals surface area (Å²) in [5.74, 6) is -0.123. The molecule has 1 aromatic carbocycles. The molecule has 124 valence electrons. The number of carbonyl (C=O) groups is 3. The van der Waals surface area contributed by atoms with Crippen molar-refractivity contribution in [3.8, 4) is 0 Å². The second-order valence-electron chi connectivity index (χ2n) is 5.46. The Hall–Kier alpha value is -1.86. The number of hydrogen-bond acceptors (Lipinski definition) is 5. The fraction of sp³-hybridized carbons (Fsp3) is 0.438. The van der Waals surface area contributed by atoms with Crippen molar-refractivity contribution in [3.63, 3.8) is 0 Å². The minimum atomic E-state index is -0.238. The molecule has 1 aromatic rings. The van der Waals surface area contributed by atoms with Gasteiger partial charge in [-0.2, -0.15) is 0 Å². The summed E-state index contributed by atoms with van der Waals surface area (Å²) in [5, 5.41) is -0.238. The van der Waals surface area contributed by atoms with Crippen molar-refractivity contribution in [2.24, 2.45) is 0 Å². The van der Waals surface area contributed by atoms with E-state index in [4.69, 9.17) is 4.74 Å². The number of ether oxygens (including phenoxy) is 1. The summed E-state index contributed by atoms with van der Waals surface area (Å²) in [6.45, 7) is 2.56. The Bertz CT molecular complexity index is 604. The van der Waals surface area contributed by atoms with Gasteiger partial charge in [0.2, 0.25) is 5.91 Å². The van der Waals surface area contributed by atoms with Crippen LogP contribution >= 0.6 is 11.8 Å². The molecular weight excluding hydrogens is 316 g/mol. The van der Waals surface area contributed by atoms with Crippen LogP contribution in [0.1, 0.15) is 22.8 Å². The van der Waals surface area contributed by atoms with E-state index >= 15 is 0 Å². The second kappa shape index (κ2) is 7.61. The molecule has 0 radical (unpaired) electrons. The minimum absolute atomic E-state index is 0.0470. The zero-order chi connectivity index (χ0) is 17.0. The molecule has 1 heterocycles. The van der Waals surface area contributed by atoms with E-state index in [1.54, 1.807) is 43.3 Å². The maximum atomic E-state index is 12.5. The number of carbonyl (C=O) groups excluding carboxylic acids is 3. The summed E-state index contributed by atoms with van der Waals surface area (Å²) in [6.07, 6.45) is 0. The van der Waals surface area contributed by atoms with Crippen LogP contribution in [0.25, 0.3) is 0 Å². The highest BCUT2D eigenvalue weighted by atomic mass is 32.2. The van der Waals surface area contributed by atoms with E-state index in [1.807, 2.05) is 6.92 Å². The van der Waals surface area contributed by atoms with Crippen molar-refractivity contribution < 1.29 is 19.1 Å². The first-order valence-corrected chi connectivity index (χ1v) is 8.24. The number of amides is 3. The van der Waals surface area contributed by atoms with E-state index in [0.717, 1.165) is 17.3 Å². The Morgan fingerprint density at radius 1 is 1.43 bits per heavy atom. The molecule has 0 bridgehead atoms. The van der Waals surface area contributed by atoms with Gasteiger partial charge >= 0.3 is 0 Å².